The summed E-state index contributed by atoms with van der Waals surface area (Å²) in [6, 6.07) is 13.7. The minimum Gasteiger partial charge on any atom is -0.352 e. The average molecular weight is 495 g/mol. The lowest BCUT2D eigenvalue weighted by Crippen LogP contribution is -2.49. The van der Waals surface area contributed by atoms with Crippen LogP contribution in [0.4, 0.5) is 11.5 Å². The van der Waals surface area contributed by atoms with Crippen LogP contribution >= 0.6 is 0 Å². The smallest absolute Gasteiger partial charge is 0.270 e. The van der Waals surface area contributed by atoms with Gasteiger partial charge in [-0.25, -0.2) is 23.1 Å². The van der Waals surface area contributed by atoms with Crippen molar-refractivity contribution in [1.29, 1.82) is 0 Å². The largest absolute Gasteiger partial charge is 0.352 e. The van der Waals surface area contributed by atoms with E-state index in [9.17, 15) is 18.5 Å². The molecule has 0 amide bonds. The van der Waals surface area contributed by atoms with Crippen molar-refractivity contribution in [2.24, 2.45) is 0 Å². The van der Waals surface area contributed by atoms with Crippen LogP contribution < -0.4 is 4.90 Å². The summed E-state index contributed by atoms with van der Waals surface area (Å²) in [4.78, 5) is 21.2. The first-order valence-electron chi connectivity index (χ1n) is 10.9. The third kappa shape index (κ3) is 4.31. The van der Waals surface area contributed by atoms with Gasteiger partial charge in [0.1, 0.15) is 6.33 Å². The number of sulfonamides is 1. The molecule has 2 aromatic heterocycles. The van der Waals surface area contributed by atoms with Crippen LogP contribution in [-0.4, -0.2) is 68.8 Å². The second-order valence-corrected chi connectivity index (χ2v) is 10.1. The first-order valence-corrected chi connectivity index (χ1v) is 12.4. The molecule has 0 saturated carbocycles. The molecule has 0 radical (unpaired) electrons. The molecule has 1 saturated heterocycles. The maximum Gasteiger partial charge on any atom is 0.270 e. The molecule has 35 heavy (non-hydrogen) atoms. The Hall–Kier alpha value is -3.97. The number of hydrogen-bond acceptors (Lipinski definition) is 9. The number of aryl methyl sites for hydroxylation is 1. The number of aromatic nitrogens is 5. The van der Waals surface area contributed by atoms with E-state index in [1.165, 1.54) is 22.8 Å². The monoisotopic (exact) mass is 494 g/mol. The van der Waals surface area contributed by atoms with Gasteiger partial charge in [0.25, 0.3) is 5.69 Å². The SMILES string of the molecule is Cc1ccc([N+](=O)[O-])cc1S(=O)(=O)N1CCN(c2ncnc3c2nnn3Cc2ccccc2)CC1. The third-order valence-corrected chi connectivity index (χ3v) is 8.04. The van der Waals surface area contributed by atoms with Crippen molar-refractivity contribution < 1.29 is 13.3 Å². The number of rotatable bonds is 6. The van der Waals surface area contributed by atoms with E-state index in [1.54, 1.807) is 11.6 Å². The summed E-state index contributed by atoms with van der Waals surface area (Å²) in [5.74, 6) is 0.595. The highest BCUT2D eigenvalue weighted by Crippen LogP contribution is 2.27. The molecule has 1 fully saturated rings. The number of hydrogen-bond donors (Lipinski definition) is 0. The molecule has 12 nitrogen and oxygen atoms in total. The van der Waals surface area contributed by atoms with Gasteiger partial charge in [0, 0.05) is 38.3 Å². The van der Waals surface area contributed by atoms with Gasteiger partial charge in [-0.3, -0.25) is 10.1 Å². The van der Waals surface area contributed by atoms with Gasteiger partial charge in [0.2, 0.25) is 10.0 Å². The maximum atomic E-state index is 13.2. The lowest BCUT2D eigenvalue weighted by atomic mass is 10.2. The quantitative estimate of drug-likeness (QED) is 0.291. The van der Waals surface area contributed by atoms with Crippen molar-refractivity contribution in [3.63, 3.8) is 0 Å². The van der Waals surface area contributed by atoms with Crippen molar-refractivity contribution in [3.8, 4) is 0 Å². The first kappa shape index (κ1) is 22.8. The van der Waals surface area contributed by atoms with Crippen LogP contribution in [0.1, 0.15) is 11.1 Å². The van der Waals surface area contributed by atoms with Gasteiger partial charge in [0.05, 0.1) is 16.4 Å². The van der Waals surface area contributed by atoms with Gasteiger partial charge in [0.15, 0.2) is 17.0 Å². The number of non-ortho nitro benzene ring substituents is 1. The zero-order valence-electron chi connectivity index (χ0n) is 18.9. The Morgan fingerprint density at radius 2 is 1.77 bits per heavy atom. The number of nitrogens with zero attached hydrogens (tertiary/aromatic N) is 8. The van der Waals surface area contributed by atoms with E-state index in [0.717, 1.165) is 11.6 Å². The molecular weight excluding hydrogens is 472 g/mol. The molecule has 3 heterocycles. The Morgan fingerprint density at radius 1 is 1.03 bits per heavy atom. The number of benzene rings is 2. The number of fused-ring (bicyclic) bond motifs is 1. The summed E-state index contributed by atoms with van der Waals surface area (Å²) in [7, 11) is -3.89. The minimum absolute atomic E-state index is 0.0477. The van der Waals surface area contributed by atoms with E-state index >= 15 is 0 Å². The Morgan fingerprint density at radius 3 is 2.49 bits per heavy atom. The van der Waals surface area contributed by atoms with Crippen LogP contribution in [-0.2, 0) is 16.6 Å². The lowest BCUT2D eigenvalue weighted by molar-refractivity contribution is -0.385. The molecule has 0 bridgehead atoms. The fourth-order valence-corrected chi connectivity index (χ4v) is 5.80. The highest BCUT2D eigenvalue weighted by Gasteiger charge is 2.32. The third-order valence-electron chi connectivity index (χ3n) is 5.99. The Labute approximate surface area is 201 Å². The molecule has 0 aliphatic carbocycles. The standard InChI is InChI=1S/C22H22N8O4S/c1-16-7-8-18(30(31)32)13-19(16)35(33,34)28-11-9-27(10-12-28)21-20-22(24-15-23-21)29(26-25-20)14-17-5-3-2-4-6-17/h2-8,13,15H,9-12,14H2,1H3. The second-order valence-electron chi connectivity index (χ2n) is 8.20. The number of anilines is 1. The van der Waals surface area contributed by atoms with Crippen molar-refractivity contribution >= 4 is 32.7 Å². The molecule has 0 unspecified atom stereocenters. The van der Waals surface area contributed by atoms with E-state index in [0.29, 0.717) is 42.2 Å². The fraction of sp³-hybridized carbons (Fsp3) is 0.273. The Kier molecular flexibility index (Phi) is 5.86. The van der Waals surface area contributed by atoms with Crippen molar-refractivity contribution in [3.05, 3.63) is 76.1 Å². The van der Waals surface area contributed by atoms with Crippen molar-refractivity contribution in [1.82, 2.24) is 29.3 Å². The second kappa shape index (κ2) is 9.00. The van der Waals surface area contributed by atoms with E-state index < -0.39 is 14.9 Å². The van der Waals surface area contributed by atoms with Crippen LogP contribution in [0.2, 0.25) is 0 Å². The number of nitro groups is 1. The Bertz CT molecular complexity index is 1500. The van der Waals surface area contributed by atoms with Gasteiger partial charge in [-0.05, 0) is 18.1 Å². The van der Waals surface area contributed by atoms with Gasteiger partial charge >= 0.3 is 0 Å². The molecule has 13 heteroatoms. The van der Waals surface area contributed by atoms with Gasteiger partial charge in [-0.15, -0.1) is 5.10 Å². The van der Waals surface area contributed by atoms with Crippen molar-refractivity contribution in [2.75, 3.05) is 31.1 Å². The predicted molar refractivity (Wildman–Crippen MR) is 127 cm³/mol. The predicted octanol–water partition coefficient (Wildman–Crippen LogP) is 2.00. The van der Waals surface area contributed by atoms with Gasteiger partial charge < -0.3 is 4.90 Å². The number of piperazine rings is 1. The summed E-state index contributed by atoms with van der Waals surface area (Å²) in [5, 5.41) is 19.7. The molecule has 2 aromatic carbocycles. The van der Waals surface area contributed by atoms with E-state index in [1.807, 2.05) is 35.2 Å². The van der Waals surface area contributed by atoms with Gasteiger partial charge in [-0.1, -0.05) is 41.6 Å². The zero-order valence-corrected chi connectivity index (χ0v) is 19.7. The van der Waals surface area contributed by atoms with Crippen LogP contribution in [0.3, 0.4) is 0 Å². The van der Waals surface area contributed by atoms with Gasteiger partial charge in [-0.2, -0.15) is 4.31 Å². The molecular formula is C22H22N8O4S. The average Bonchev–Trinajstić information content (AvgIpc) is 3.27. The van der Waals surface area contributed by atoms with Crippen LogP contribution in [0.15, 0.2) is 59.8 Å². The summed E-state index contributed by atoms with van der Waals surface area (Å²) < 4.78 is 29.6. The summed E-state index contributed by atoms with van der Waals surface area (Å²) in [6.07, 6.45) is 1.46. The number of nitro benzene ring substituents is 1. The topological polar surface area (TPSA) is 140 Å². The fourth-order valence-electron chi connectivity index (χ4n) is 4.13. The summed E-state index contributed by atoms with van der Waals surface area (Å²) in [5.41, 5.74) is 2.42. The summed E-state index contributed by atoms with van der Waals surface area (Å²) >= 11 is 0. The molecule has 1 aliphatic heterocycles. The first-order chi connectivity index (χ1) is 16.8. The minimum atomic E-state index is -3.89. The molecule has 5 rings (SSSR count). The van der Waals surface area contributed by atoms with E-state index in [-0.39, 0.29) is 23.7 Å². The Balaban J connectivity index is 1.36. The van der Waals surface area contributed by atoms with Crippen LogP contribution in [0.25, 0.3) is 11.2 Å². The molecule has 0 N–H and O–H groups in total. The van der Waals surface area contributed by atoms with Crippen LogP contribution in [0, 0.1) is 17.0 Å². The molecule has 4 aromatic rings. The summed E-state index contributed by atoms with van der Waals surface area (Å²) in [6.45, 7) is 3.31. The molecule has 180 valence electrons. The maximum absolute atomic E-state index is 13.2. The van der Waals surface area contributed by atoms with E-state index in [2.05, 4.69) is 20.3 Å². The highest BCUT2D eigenvalue weighted by molar-refractivity contribution is 7.89. The molecule has 1 aliphatic rings. The lowest BCUT2D eigenvalue weighted by Gasteiger charge is -2.34. The highest BCUT2D eigenvalue weighted by atomic mass is 32.2. The van der Waals surface area contributed by atoms with E-state index in [4.69, 9.17) is 0 Å². The zero-order chi connectivity index (χ0) is 24.6. The molecule has 0 spiro atoms. The normalized spacial score (nSPS) is 14.9. The molecule has 0 atom stereocenters. The van der Waals surface area contributed by atoms with Crippen molar-refractivity contribution in [2.45, 2.75) is 18.4 Å². The van der Waals surface area contributed by atoms with Crippen LogP contribution in [0.5, 0.6) is 0 Å².